The summed E-state index contributed by atoms with van der Waals surface area (Å²) in [5.41, 5.74) is 6.63. The number of hydrogen-bond acceptors (Lipinski definition) is 4. The Kier molecular flexibility index (Phi) is 16.1. The Morgan fingerprint density at radius 2 is 1.30 bits per heavy atom. The third-order valence-corrected chi connectivity index (χ3v) is 7.18. The van der Waals surface area contributed by atoms with Crippen LogP contribution in [0.1, 0.15) is 93.3 Å². The maximum absolute atomic E-state index is 14.3. The Labute approximate surface area is 274 Å². The largest absolute Gasteiger partial charge is 0.416 e. The number of nitrogens with one attached hydrogen (secondary N) is 1. The van der Waals surface area contributed by atoms with Crippen LogP contribution in [0.25, 0.3) is 11.1 Å². The predicted molar refractivity (Wildman–Crippen MR) is 175 cm³/mol. The molecule has 0 spiro atoms. The first-order valence-corrected chi connectivity index (χ1v) is 15.5. The fraction of sp³-hybridized carbons (Fsp3) is 0.472. The number of rotatable bonds is 10. The molecule has 0 bridgehead atoms. The molecular formula is C36H47F7N4. The van der Waals surface area contributed by atoms with Gasteiger partial charge in [0, 0.05) is 38.1 Å². The van der Waals surface area contributed by atoms with Gasteiger partial charge in [0.25, 0.3) is 11.8 Å². The summed E-state index contributed by atoms with van der Waals surface area (Å²) >= 11 is 0. The maximum Gasteiger partial charge on any atom is 0.416 e. The lowest BCUT2D eigenvalue weighted by Crippen LogP contribution is -2.38. The first-order chi connectivity index (χ1) is 21.8. The van der Waals surface area contributed by atoms with Crippen LogP contribution in [0.4, 0.5) is 30.7 Å². The molecule has 4 nitrogen and oxygen atoms in total. The van der Waals surface area contributed by atoms with E-state index in [-0.39, 0.29) is 24.2 Å². The Balaban J connectivity index is 0.00000144. The summed E-state index contributed by atoms with van der Waals surface area (Å²) in [5.74, 6) is -6.71. The number of aryl methyl sites for hydroxylation is 1. The molecule has 0 saturated heterocycles. The second kappa shape index (κ2) is 18.2. The highest BCUT2D eigenvalue weighted by atomic mass is 19.4. The number of nitriles is 1. The van der Waals surface area contributed by atoms with Gasteiger partial charge in [0.15, 0.2) is 0 Å². The van der Waals surface area contributed by atoms with Crippen LogP contribution in [0.2, 0.25) is 0 Å². The van der Waals surface area contributed by atoms with E-state index in [4.69, 9.17) is 5.73 Å². The van der Waals surface area contributed by atoms with E-state index in [0.29, 0.717) is 41.7 Å². The van der Waals surface area contributed by atoms with Gasteiger partial charge in [-0.25, -0.2) is 17.6 Å². The van der Waals surface area contributed by atoms with Crippen LogP contribution in [0.3, 0.4) is 0 Å². The summed E-state index contributed by atoms with van der Waals surface area (Å²) < 4.78 is 97.4. The van der Waals surface area contributed by atoms with E-state index in [1.54, 1.807) is 25.1 Å². The number of nitrogens with zero attached hydrogens (tertiary/aromatic N) is 2. The van der Waals surface area contributed by atoms with Crippen molar-refractivity contribution in [3.05, 3.63) is 93.5 Å². The zero-order chi connectivity index (χ0) is 36.2. The first-order valence-electron chi connectivity index (χ1n) is 15.5. The van der Waals surface area contributed by atoms with Gasteiger partial charge in [0.2, 0.25) is 0 Å². The number of alkyl halides is 7. The quantitative estimate of drug-likeness (QED) is 0.167. The van der Waals surface area contributed by atoms with E-state index in [1.165, 1.54) is 35.9 Å². The third-order valence-electron chi connectivity index (χ3n) is 7.18. The molecule has 0 radical (unpaired) electrons. The summed E-state index contributed by atoms with van der Waals surface area (Å²) in [6, 6.07) is 13.5. The SMILES string of the molecule is CCCC.CCc1ccc(C#N)cc1-c1ccc(C(C)(F)F)cc1CN(Cc1cc(C(C)(F)F)cc(C(F)(F)F)c1)C(C)N.CNC. The molecule has 0 aliphatic rings. The third kappa shape index (κ3) is 12.9. The Morgan fingerprint density at radius 3 is 1.74 bits per heavy atom. The molecule has 0 fully saturated rings. The summed E-state index contributed by atoms with van der Waals surface area (Å²) in [6.07, 6.45) is -2.41. The average molecular weight is 669 g/mol. The molecular weight excluding hydrogens is 621 g/mol. The van der Waals surface area contributed by atoms with E-state index >= 15 is 0 Å². The van der Waals surface area contributed by atoms with Gasteiger partial charge in [-0.05, 0) is 91.7 Å². The summed E-state index contributed by atoms with van der Waals surface area (Å²) in [6.45, 7) is 8.76. The molecule has 11 heteroatoms. The van der Waals surface area contributed by atoms with Crippen molar-refractivity contribution in [2.24, 2.45) is 5.73 Å². The highest BCUT2D eigenvalue weighted by Crippen LogP contribution is 2.37. The van der Waals surface area contributed by atoms with Crippen molar-refractivity contribution >= 4 is 0 Å². The zero-order valence-electron chi connectivity index (χ0n) is 28.4. The van der Waals surface area contributed by atoms with Gasteiger partial charge in [-0.2, -0.15) is 18.4 Å². The van der Waals surface area contributed by atoms with Crippen molar-refractivity contribution in [3.8, 4) is 17.2 Å². The summed E-state index contributed by atoms with van der Waals surface area (Å²) in [5, 5.41) is 12.2. The van der Waals surface area contributed by atoms with Gasteiger partial charge in [-0.3, -0.25) is 4.90 Å². The molecule has 1 atom stereocenters. The van der Waals surface area contributed by atoms with Gasteiger partial charge < -0.3 is 11.1 Å². The Hall–Kier alpha value is -3.46. The Bertz CT molecular complexity index is 1420. The molecule has 3 N–H and O–H groups in total. The van der Waals surface area contributed by atoms with E-state index in [0.717, 1.165) is 24.6 Å². The molecule has 3 aromatic carbocycles. The Morgan fingerprint density at radius 1 is 0.745 bits per heavy atom. The van der Waals surface area contributed by atoms with Gasteiger partial charge in [-0.15, -0.1) is 0 Å². The van der Waals surface area contributed by atoms with Crippen LogP contribution in [-0.4, -0.2) is 25.2 Å². The molecule has 3 aromatic rings. The van der Waals surface area contributed by atoms with Gasteiger partial charge in [-0.1, -0.05) is 51.8 Å². The molecule has 0 aromatic heterocycles. The van der Waals surface area contributed by atoms with Crippen LogP contribution in [0.15, 0.2) is 54.6 Å². The second-order valence-corrected chi connectivity index (χ2v) is 11.5. The topological polar surface area (TPSA) is 65.1 Å². The number of hydrogen-bond donors (Lipinski definition) is 2. The average Bonchev–Trinajstić information content (AvgIpc) is 2.99. The van der Waals surface area contributed by atoms with Crippen molar-refractivity contribution in [1.82, 2.24) is 10.2 Å². The van der Waals surface area contributed by atoms with E-state index in [9.17, 15) is 36.0 Å². The number of unbranched alkanes of at least 4 members (excludes halogenated alkanes) is 1. The fourth-order valence-electron chi connectivity index (χ4n) is 4.46. The van der Waals surface area contributed by atoms with Gasteiger partial charge in [0.05, 0.1) is 23.4 Å². The van der Waals surface area contributed by atoms with Crippen molar-refractivity contribution in [2.45, 2.75) is 98.1 Å². The number of benzene rings is 3. The zero-order valence-corrected chi connectivity index (χ0v) is 28.4. The number of nitrogens with two attached hydrogens (primary N) is 1. The maximum atomic E-state index is 14.3. The normalized spacial score (nSPS) is 12.4. The minimum absolute atomic E-state index is 0.0529. The standard InChI is InChI=1S/C30H30F7N3.C4H10.C2H7N/c1-5-21-7-6-19(15-38)12-27(21)26-9-8-23(28(3,31)32)13-22(26)17-40(18(2)39)16-20-10-24(29(4,33)34)14-25(11-20)30(35,36)37;1-3-4-2;1-3-2/h6-14,18H,5,16-17,39H2,1-4H3;3-4H2,1-2H3;3H,1-2H3. The van der Waals surface area contributed by atoms with Gasteiger partial charge >= 0.3 is 6.18 Å². The van der Waals surface area contributed by atoms with E-state index in [1.807, 2.05) is 21.0 Å². The minimum Gasteiger partial charge on any atom is -0.323 e. The number of halogens is 7. The lowest BCUT2D eigenvalue weighted by Gasteiger charge is -2.29. The van der Waals surface area contributed by atoms with Crippen molar-refractivity contribution in [3.63, 3.8) is 0 Å². The molecule has 0 saturated carbocycles. The van der Waals surface area contributed by atoms with Crippen molar-refractivity contribution in [1.29, 1.82) is 5.26 Å². The molecule has 0 aliphatic heterocycles. The molecule has 260 valence electrons. The van der Waals surface area contributed by atoms with E-state index < -0.39 is 35.3 Å². The minimum atomic E-state index is -4.86. The summed E-state index contributed by atoms with van der Waals surface area (Å²) in [7, 11) is 3.75. The van der Waals surface area contributed by atoms with Crippen molar-refractivity contribution in [2.75, 3.05) is 14.1 Å². The molecule has 0 heterocycles. The van der Waals surface area contributed by atoms with Crippen LogP contribution in [0.5, 0.6) is 0 Å². The molecule has 0 aliphatic carbocycles. The van der Waals surface area contributed by atoms with Crippen LogP contribution >= 0.6 is 0 Å². The molecule has 47 heavy (non-hydrogen) atoms. The molecule has 3 rings (SSSR count). The predicted octanol–water partition coefficient (Wildman–Crippen LogP) is 9.98. The first kappa shape index (κ1) is 41.6. The molecule has 0 amide bonds. The lowest BCUT2D eigenvalue weighted by atomic mass is 9.90. The highest BCUT2D eigenvalue weighted by Gasteiger charge is 2.35. The fourth-order valence-corrected chi connectivity index (χ4v) is 4.46. The van der Waals surface area contributed by atoms with Crippen LogP contribution < -0.4 is 11.1 Å². The smallest absolute Gasteiger partial charge is 0.323 e. The van der Waals surface area contributed by atoms with Crippen molar-refractivity contribution < 1.29 is 30.7 Å². The van der Waals surface area contributed by atoms with Gasteiger partial charge in [0.1, 0.15) is 0 Å². The second-order valence-electron chi connectivity index (χ2n) is 11.5. The monoisotopic (exact) mass is 668 g/mol. The highest BCUT2D eigenvalue weighted by molar-refractivity contribution is 5.73. The lowest BCUT2D eigenvalue weighted by molar-refractivity contribution is -0.137. The van der Waals surface area contributed by atoms with E-state index in [2.05, 4.69) is 25.2 Å². The molecule has 1 unspecified atom stereocenters. The summed E-state index contributed by atoms with van der Waals surface area (Å²) in [4.78, 5) is 1.52. The van der Waals surface area contributed by atoms with Crippen LogP contribution in [0, 0.1) is 11.3 Å². The van der Waals surface area contributed by atoms with Crippen LogP contribution in [-0.2, 0) is 37.5 Å².